The van der Waals surface area contributed by atoms with Crippen LogP contribution in [0, 0.1) is 6.92 Å². The summed E-state index contributed by atoms with van der Waals surface area (Å²) in [5, 5.41) is 29.1. The van der Waals surface area contributed by atoms with E-state index in [4.69, 9.17) is 0 Å². The molecule has 0 atom stereocenters. The van der Waals surface area contributed by atoms with Gasteiger partial charge in [0.05, 0.1) is 6.21 Å². The summed E-state index contributed by atoms with van der Waals surface area (Å²) in [5.41, 5.74) is 4.90. The normalized spacial score (nSPS) is 12.0. The number of benzene rings is 1. The summed E-state index contributed by atoms with van der Waals surface area (Å²) in [6, 6.07) is 3.78. The number of aromatic nitrogens is 4. The lowest BCUT2D eigenvalue weighted by Gasteiger charge is -2.24. The smallest absolute Gasteiger partial charge is 0.283 e. The number of tetrazole rings is 1. The van der Waals surface area contributed by atoms with Crippen LogP contribution in [0.25, 0.3) is 0 Å². The Kier molecular flexibility index (Phi) is 3.69. The molecule has 20 heavy (non-hydrogen) atoms. The maximum Gasteiger partial charge on any atom is 0.283 e. The third-order valence-electron chi connectivity index (χ3n) is 2.88. The number of nitrogens with zero attached hydrogens (tertiary/aromatic N) is 4. The predicted octanol–water partition coefficient (Wildman–Crippen LogP) is 1.33. The highest BCUT2D eigenvalue weighted by Crippen LogP contribution is 2.28. The molecule has 0 unspecified atom stereocenters. The Balaban J connectivity index is 2.26. The zero-order valence-electron chi connectivity index (χ0n) is 11.9. The Labute approximate surface area is 117 Å². The first-order chi connectivity index (χ1) is 9.38. The molecule has 0 fully saturated rings. The van der Waals surface area contributed by atoms with E-state index >= 15 is 0 Å². The van der Waals surface area contributed by atoms with Crippen molar-refractivity contribution in [3.05, 3.63) is 28.8 Å². The summed E-state index contributed by atoms with van der Waals surface area (Å²) in [4.78, 5) is 0. The first kappa shape index (κ1) is 14.0. The van der Waals surface area contributed by atoms with Gasteiger partial charge in [0.1, 0.15) is 0 Å². The number of nitrogens with one attached hydrogen (secondary N) is 2. The minimum atomic E-state index is -0.0309. The van der Waals surface area contributed by atoms with Crippen molar-refractivity contribution in [2.75, 3.05) is 5.43 Å². The van der Waals surface area contributed by atoms with E-state index in [-0.39, 0.29) is 17.1 Å². The van der Waals surface area contributed by atoms with Crippen molar-refractivity contribution in [1.29, 1.82) is 0 Å². The SMILES string of the molecule is Cc1cc(C(C)(C)C)cc(/C=N\Nc2nn[nH]n2)c1[O-]. The van der Waals surface area contributed by atoms with Gasteiger partial charge in [-0.1, -0.05) is 49.3 Å². The first-order valence-electron chi connectivity index (χ1n) is 6.22. The second-order valence-electron chi connectivity index (χ2n) is 5.57. The summed E-state index contributed by atoms with van der Waals surface area (Å²) in [6.45, 7) is 8.11. The number of aromatic amines is 1. The molecule has 0 bridgehead atoms. The van der Waals surface area contributed by atoms with Crippen LogP contribution in [-0.2, 0) is 5.41 Å². The van der Waals surface area contributed by atoms with Gasteiger partial charge in [0.15, 0.2) is 0 Å². The van der Waals surface area contributed by atoms with E-state index in [9.17, 15) is 5.11 Å². The van der Waals surface area contributed by atoms with Crippen LogP contribution in [0.4, 0.5) is 5.95 Å². The molecule has 0 spiro atoms. The second kappa shape index (κ2) is 5.28. The van der Waals surface area contributed by atoms with Crippen molar-refractivity contribution in [2.24, 2.45) is 5.10 Å². The van der Waals surface area contributed by atoms with E-state index in [1.165, 1.54) is 6.21 Å². The summed E-state index contributed by atoms with van der Waals surface area (Å²) < 4.78 is 0. The highest BCUT2D eigenvalue weighted by molar-refractivity contribution is 5.84. The van der Waals surface area contributed by atoms with Gasteiger partial charge < -0.3 is 5.11 Å². The molecular weight excluding hydrogens is 256 g/mol. The Morgan fingerprint density at radius 1 is 1.35 bits per heavy atom. The highest BCUT2D eigenvalue weighted by Gasteiger charge is 2.14. The summed E-state index contributed by atoms with van der Waals surface area (Å²) in [6.07, 6.45) is 1.47. The first-order valence-corrected chi connectivity index (χ1v) is 6.22. The van der Waals surface area contributed by atoms with Gasteiger partial charge in [-0.2, -0.15) is 10.3 Å². The van der Waals surface area contributed by atoms with Crippen molar-refractivity contribution < 1.29 is 5.11 Å². The summed E-state index contributed by atoms with van der Waals surface area (Å²) in [5.74, 6) is 0.217. The average molecular weight is 273 g/mol. The quantitative estimate of drug-likeness (QED) is 0.648. The molecular formula is C13H17N6O-. The van der Waals surface area contributed by atoms with Crippen LogP contribution in [0.5, 0.6) is 5.75 Å². The molecule has 1 aromatic carbocycles. The van der Waals surface area contributed by atoms with Crippen molar-refractivity contribution in [1.82, 2.24) is 20.6 Å². The van der Waals surface area contributed by atoms with Crippen LogP contribution < -0.4 is 10.5 Å². The van der Waals surface area contributed by atoms with Crippen molar-refractivity contribution in [3.8, 4) is 5.75 Å². The third kappa shape index (κ3) is 3.11. The fraction of sp³-hybridized carbons (Fsp3) is 0.385. The molecule has 1 heterocycles. The summed E-state index contributed by atoms with van der Waals surface area (Å²) >= 11 is 0. The molecule has 7 nitrogen and oxygen atoms in total. The molecule has 1 aromatic heterocycles. The minimum absolute atomic E-state index is 0.0256. The minimum Gasteiger partial charge on any atom is -0.872 e. The molecule has 0 radical (unpaired) electrons. The molecule has 106 valence electrons. The molecule has 0 aliphatic rings. The second-order valence-corrected chi connectivity index (χ2v) is 5.57. The van der Waals surface area contributed by atoms with Gasteiger partial charge in [0.2, 0.25) is 0 Å². The lowest BCUT2D eigenvalue weighted by atomic mass is 9.85. The monoisotopic (exact) mass is 273 g/mol. The number of anilines is 1. The number of rotatable bonds is 3. The highest BCUT2D eigenvalue weighted by atomic mass is 16.3. The van der Waals surface area contributed by atoms with Gasteiger partial charge in [-0.3, -0.25) is 0 Å². The number of aryl methyl sites for hydroxylation is 1. The lowest BCUT2D eigenvalue weighted by molar-refractivity contribution is -0.269. The van der Waals surface area contributed by atoms with E-state index in [0.717, 1.165) is 5.56 Å². The van der Waals surface area contributed by atoms with Gasteiger partial charge in [0.25, 0.3) is 5.95 Å². The average Bonchev–Trinajstić information content (AvgIpc) is 2.86. The Bertz CT molecular complexity index is 613. The van der Waals surface area contributed by atoms with Crippen LogP contribution >= 0.6 is 0 Å². The van der Waals surface area contributed by atoms with Gasteiger partial charge in [0, 0.05) is 0 Å². The zero-order chi connectivity index (χ0) is 14.8. The van der Waals surface area contributed by atoms with Crippen molar-refractivity contribution in [2.45, 2.75) is 33.1 Å². The molecule has 7 heteroatoms. The molecule has 0 aliphatic heterocycles. The topological polar surface area (TPSA) is 102 Å². The molecule has 2 rings (SSSR count). The lowest BCUT2D eigenvalue weighted by Crippen LogP contribution is -2.13. The van der Waals surface area contributed by atoms with Gasteiger partial charge in [-0.05, 0) is 28.7 Å². The van der Waals surface area contributed by atoms with Gasteiger partial charge in [-0.25, -0.2) is 5.43 Å². The fourth-order valence-corrected chi connectivity index (χ4v) is 1.70. The predicted molar refractivity (Wildman–Crippen MR) is 74.7 cm³/mol. The Morgan fingerprint density at radius 3 is 2.70 bits per heavy atom. The van der Waals surface area contributed by atoms with E-state index in [0.29, 0.717) is 11.1 Å². The van der Waals surface area contributed by atoms with Crippen LogP contribution in [-0.4, -0.2) is 26.8 Å². The standard InChI is InChI=1S/C13H18N6O/c1-8-5-10(13(2,3)4)6-9(11(8)20)7-14-15-12-16-18-19-17-12/h5-7,20H,1-4H3,(H2,15,16,17,18,19)/p-1/b14-7-. The maximum absolute atomic E-state index is 12.1. The molecule has 0 aliphatic carbocycles. The van der Waals surface area contributed by atoms with Crippen molar-refractivity contribution >= 4 is 12.2 Å². The maximum atomic E-state index is 12.1. The van der Waals surface area contributed by atoms with Crippen LogP contribution in [0.2, 0.25) is 0 Å². The zero-order valence-corrected chi connectivity index (χ0v) is 11.9. The van der Waals surface area contributed by atoms with Gasteiger partial charge in [-0.15, -0.1) is 5.10 Å². The molecule has 2 N–H and O–H groups in total. The van der Waals surface area contributed by atoms with Crippen LogP contribution in [0.1, 0.15) is 37.5 Å². The van der Waals surface area contributed by atoms with Gasteiger partial charge >= 0.3 is 0 Å². The Hall–Kier alpha value is -2.44. The largest absolute Gasteiger partial charge is 0.872 e. The Morgan fingerprint density at radius 2 is 2.10 bits per heavy atom. The number of H-pyrrole nitrogens is 1. The number of hydrogen-bond donors (Lipinski definition) is 2. The van der Waals surface area contributed by atoms with E-state index < -0.39 is 0 Å². The number of hydrogen-bond acceptors (Lipinski definition) is 6. The fourth-order valence-electron chi connectivity index (χ4n) is 1.70. The third-order valence-corrected chi connectivity index (χ3v) is 2.88. The molecule has 0 saturated carbocycles. The molecule has 0 saturated heterocycles. The van der Waals surface area contributed by atoms with E-state index in [1.54, 1.807) is 0 Å². The molecule has 0 amide bonds. The van der Waals surface area contributed by atoms with Crippen LogP contribution in [0.3, 0.4) is 0 Å². The van der Waals surface area contributed by atoms with E-state index in [2.05, 4.69) is 51.9 Å². The molecule has 2 aromatic rings. The van der Waals surface area contributed by atoms with Crippen LogP contribution in [0.15, 0.2) is 17.2 Å². The number of hydrazone groups is 1. The van der Waals surface area contributed by atoms with E-state index in [1.807, 2.05) is 19.1 Å². The van der Waals surface area contributed by atoms with Crippen molar-refractivity contribution in [3.63, 3.8) is 0 Å². The summed E-state index contributed by atoms with van der Waals surface area (Å²) in [7, 11) is 0.